The van der Waals surface area contributed by atoms with Crippen LogP contribution in [0.5, 0.6) is 5.75 Å². The molecule has 1 fully saturated rings. The maximum absolute atomic E-state index is 13.8. The van der Waals surface area contributed by atoms with Gasteiger partial charge in [0.2, 0.25) is 18.1 Å². The number of amides is 1. The first-order valence-electron chi connectivity index (χ1n) is 14.0. The van der Waals surface area contributed by atoms with Crippen molar-refractivity contribution in [2.75, 3.05) is 52.8 Å². The molecule has 0 aliphatic carbocycles. The number of rotatable bonds is 11. The fraction of sp³-hybridized carbons (Fsp3) is 0.355. The Balaban J connectivity index is 1.37. The van der Waals surface area contributed by atoms with Crippen LogP contribution in [-0.4, -0.2) is 78.3 Å². The van der Waals surface area contributed by atoms with Crippen molar-refractivity contribution in [3.05, 3.63) is 72.4 Å². The Labute approximate surface area is 249 Å². The van der Waals surface area contributed by atoms with E-state index in [9.17, 15) is 9.18 Å². The molecule has 1 aliphatic rings. The summed E-state index contributed by atoms with van der Waals surface area (Å²) in [7, 11) is 5.60. The molecule has 0 radical (unpaired) electrons. The number of H-pyrrole nitrogens is 1. The number of aromatic amines is 1. The number of anilines is 2. The van der Waals surface area contributed by atoms with Gasteiger partial charge in [0.1, 0.15) is 11.6 Å². The molecule has 11 nitrogen and oxygen atoms in total. The van der Waals surface area contributed by atoms with Crippen molar-refractivity contribution in [1.82, 2.24) is 30.2 Å². The number of nitrogens with one attached hydrogen (secondary N) is 3. The van der Waals surface area contributed by atoms with Gasteiger partial charge in [-0.25, -0.2) is 19.3 Å². The quantitative estimate of drug-likeness (QED) is 0.216. The molecule has 0 atom stereocenters. The van der Waals surface area contributed by atoms with Gasteiger partial charge in [-0.05, 0) is 76.4 Å². The monoisotopic (exact) mass is 589 g/mol. The summed E-state index contributed by atoms with van der Waals surface area (Å²) in [6, 6.07) is 15.2. The van der Waals surface area contributed by atoms with E-state index in [1.54, 1.807) is 31.5 Å². The number of benzene rings is 2. The highest BCUT2D eigenvalue weighted by molar-refractivity contribution is 5.82. The van der Waals surface area contributed by atoms with Gasteiger partial charge in [0.05, 0.1) is 42.8 Å². The summed E-state index contributed by atoms with van der Waals surface area (Å²) in [6.07, 6.45) is 1.65. The molecule has 2 aromatic heterocycles. The zero-order valence-electron chi connectivity index (χ0n) is 24.7. The minimum Gasteiger partial charge on any atom is -0.497 e. The number of methoxy groups -OCH3 is 1. The molecule has 5 rings (SSSR count). The van der Waals surface area contributed by atoms with E-state index >= 15 is 0 Å². The van der Waals surface area contributed by atoms with E-state index in [4.69, 9.17) is 24.2 Å². The Bertz CT molecular complexity index is 1540. The van der Waals surface area contributed by atoms with Crippen LogP contribution in [0.2, 0.25) is 0 Å². The predicted molar refractivity (Wildman–Crippen MR) is 160 cm³/mol. The van der Waals surface area contributed by atoms with Gasteiger partial charge in [0, 0.05) is 30.1 Å². The van der Waals surface area contributed by atoms with Crippen LogP contribution in [0.4, 0.5) is 16.0 Å². The number of nitrogens with zero attached hydrogens (tertiary/aromatic N) is 4. The molecule has 4 aromatic rings. The van der Waals surface area contributed by atoms with Gasteiger partial charge in [-0.15, -0.1) is 0 Å². The van der Waals surface area contributed by atoms with Crippen LogP contribution in [0.15, 0.2) is 60.8 Å². The van der Waals surface area contributed by atoms with Crippen LogP contribution >= 0.6 is 0 Å². The molecule has 226 valence electrons. The van der Waals surface area contributed by atoms with Gasteiger partial charge >= 0.3 is 0 Å². The fourth-order valence-corrected chi connectivity index (χ4v) is 4.60. The van der Waals surface area contributed by atoms with Crippen molar-refractivity contribution in [2.45, 2.75) is 19.6 Å². The maximum atomic E-state index is 13.8. The highest BCUT2D eigenvalue weighted by atomic mass is 19.1. The van der Waals surface area contributed by atoms with Crippen molar-refractivity contribution in [3.8, 4) is 28.4 Å². The van der Waals surface area contributed by atoms with Gasteiger partial charge < -0.3 is 34.7 Å². The van der Waals surface area contributed by atoms with Crippen molar-refractivity contribution in [3.63, 3.8) is 0 Å². The first-order chi connectivity index (χ1) is 20.7. The number of imidazole rings is 1. The van der Waals surface area contributed by atoms with Gasteiger partial charge in [-0.1, -0.05) is 6.07 Å². The number of ether oxygens (including phenoxy) is 3. The van der Waals surface area contributed by atoms with Crippen LogP contribution in [0.1, 0.15) is 25.5 Å². The number of halogens is 1. The molecule has 43 heavy (non-hydrogen) atoms. The van der Waals surface area contributed by atoms with Gasteiger partial charge in [0.25, 0.3) is 0 Å². The summed E-state index contributed by atoms with van der Waals surface area (Å²) >= 11 is 0. The van der Waals surface area contributed by atoms with Crippen molar-refractivity contribution >= 4 is 17.5 Å². The lowest BCUT2D eigenvalue weighted by molar-refractivity contribution is -0.231. The Morgan fingerprint density at radius 1 is 1.14 bits per heavy atom. The first-order valence-corrected chi connectivity index (χ1v) is 14.0. The Morgan fingerprint density at radius 3 is 2.63 bits per heavy atom. The van der Waals surface area contributed by atoms with E-state index in [2.05, 4.69) is 25.5 Å². The second-order valence-electron chi connectivity index (χ2n) is 10.9. The van der Waals surface area contributed by atoms with Crippen LogP contribution in [0.25, 0.3) is 22.6 Å². The van der Waals surface area contributed by atoms with Gasteiger partial charge in [-0.2, -0.15) is 0 Å². The molecule has 1 aliphatic heterocycles. The number of carbonyl (C=O) groups is 1. The largest absolute Gasteiger partial charge is 0.497 e. The molecule has 2 aromatic carbocycles. The molecule has 3 N–H and O–H groups in total. The summed E-state index contributed by atoms with van der Waals surface area (Å²) in [4.78, 5) is 32.1. The Hall–Kier alpha value is -4.39. The molecule has 0 saturated carbocycles. The molecule has 0 bridgehead atoms. The van der Waals surface area contributed by atoms with Crippen molar-refractivity contribution in [2.24, 2.45) is 5.41 Å². The van der Waals surface area contributed by atoms with E-state index in [0.29, 0.717) is 46.7 Å². The van der Waals surface area contributed by atoms with Crippen LogP contribution in [-0.2, 0) is 14.3 Å². The van der Waals surface area contributed by atoms with Crippen molar-refractivity contribution < 1.29 is 23.4 Å². The summed E-state index contributed by atoms with van der Waals surface area (Å²) in [5.41, 5.74) is 2.28. The topological polar surface area (TPSA) is 127 Å². The van der Waals surface area contributed by atoms with Crippen LogP contribution < -0.4 is 15.4 Å². The fourth-order valence-electron chi connectivity index (χ4n) is 4.60. The lowest BCUT2D eigenvalue weighted by Crippen LogP contribution is -2.49. The maximum Gasteiger partial charge on any atom is 0.230 e. The summed E-state index contributed by atoms with van der Waals surface area (Å²) in [6.45, 7) is 3.59. The Kier molecular flexibility index (Phi) is 9.29. The Morgan fingerprint density at radius 2 is 1.91 bits per heavy atom. The smallest absolute Gasteiger partial charge is 0.230 e. The first kappa shape index (κ1) is 30.1. The third kappa shape index (κ3) is 7.34. The van der Waals surface area contributed by atoms with E-state index in [-0.39, 0.29) is 24.9 Å². The zero-order chi connectivity index (χ0) is 30.4. The second-order valence-corrected chi connectivity index (χ2v) is 10.9. The van der Waals surface area contributed by atoms with Crippen molar-refractivity contribution in [1.29, 1.82) is 0 Å². The molecule has 3 heterocycles. The summed E-state index contributed by atoms with van der Waals surface area (Å²) in [5.74, 6) is 0.997. The third-order valence-corrected chi connectivity index (χ3v) is 7.02. The average Bonchev–Trinajstić information content (AvgIpc) is 3.45. The molecule has 12 heteroatoms. The van der Waals surface area contributed by atoms with E-state index in [0.717, 1.165) is 18.7 Å². The number of hydrogen-bond donors (Lipinski definition) is 3. The molecule has 0 spiro atoms. The molecular weight excluding hydrogens is 553 g/mol. The standard InChI is InChI=1S/C31H36FN7O4/c1-31(29(40)33-14-6-16-39(2)3)18-42-28(43-19-31)27-37-25(20-9-11-21(32)12-10-20)26(38-27)24-13-15-34-30(36-24)35-22-7-5-8-23(17-22)41-4/h5,7-13,15,17,28H,6,14,16,18-19H2,1-4H3,(H,33,40)(H,37,38)(H,34,35,36). The zero-order valence-corrected chi connectivity index (χ0v) is 24.7. The lowest BCUT2D eigenvalue weighted by atomic mass is 9.91. The number of aromatic nitrogens is 4. The second kappa shape index (κ2) is 13.3. The average molecular weight is 590 g/mol. The third-order valence-electron chi connectivity index (χ3n) is 7.02. The number of hydrogen-bond acceptors (Lipinski definition) is 9. The lowest BCUT2D eigenvalue weighted by Gasteiger charge is -2.35. The summed E-state index contributed by atoms with van der Waals surface area (Å²) < 4.78 is 31.1. The molecule has 1 saturated heterocycles. The number of carbonyl (C=O) groups excluding carboxylic acids is 1. The van der Waals surface area contributed by atoms with Gasteiger partial charge in [-0.3, -0.25) is 4.79 Å². The van der Waals surface area contributed by atoms with E-state index in [1.807, 2.05) is 45.3 Å². The predicted octanol–water partition coefficient (Wildman–Crippen LogP) is 4.54. The molecular formula is C31H36FN7O4. The highest BCUT2D eigenvalue weighted by Gasteiger charge is 2.40. The van der Waals surface area contributed by atoms with Crippen LogP contribution in [0.3, 0.4) is 0 Å². The highest BCUT2D eigenvalue weighted by Crippen LogP contribution is 2.36. The SMILES string of the molecule is COc1cccc(Nc2nccc(-c3[nH]c(C4OCC(C)(C(=O)NCCCN(C)C)CO4)nc3-c3ccc(F)cc3)n2)c1. The summed E-state index contributed by atoms with van der Waals surface area (Å²) in [5, 5.41) is 6.18. The van der Waals surface area contributed by atoms with Crippen LogP contribution in [0, 0.1) is 11.2 Å². The minimum atomic E-state index is -0.836. The molecule has 0 unspecified atom stereocenters. The molecule has 1 amide bonds. The van der Waals surface area contributed by atoms with E-state index in [1.165, 1.54) is 12.1 Å². The van der Waals surface area contributed by atoms with Gasteiger partial charge in [0.15, 0.2) is 5.82 Å². The van der Waals surface area contributed by atoms with E-state index < -0.39 is 11.7 Å². The minimum absolute atomic E-state index is 0.117. The normalized spacial score (nSPS) is 18.4.